The van der Waals surface area contributed by atoms with E-state index in [9.17, 15) is 13.6 Å². The number of carbonyl (C=O) groups excluding carboxylic acids is 1. The van der Waals surface area contributed by atoms with Crippen molar-refractivity contribution in [2.75, 3.05) is 45.3 Å². The van der Waals surface area contributed by atoms with Gasteiger partial charge in [-0.15, -0.1) is 0 Å². The number of hydrogen-bond donors (Lipinski definition) is 0. The Hall–Kier alpha value is -2.71. The van der Waals surface area contributed by atoms with Crippen molar-refractivity contribution in [1.82, 2.24) is 14.9 Å². The first-order chi connectivity index (χ1) is 13.9. The van der Waals surface area contributed by atoms with Crippen LogP contribution in [0.4, 0.5) is 14.6 Å². The highest BCUT2D eigenvalue weighted by atomic mass is 19.3. The van der Waals surface area contributed by atoms with Crippen LogP contribution in [0, 0.1) is 5.92 Å². The maximum atomic E-state index is 13.4. The number of aromatic nitrogens is 2. The molecule has 1 aromatic carbocycles. The maximum Gasteiger partial charge on any atom is 0.251 e. The minimum Gasteiger partial charge on any atom is -0.493 e. The summed E-state index contributed by atoms with van der Waals surface area (Å²) >= 11 is 0. The van der Waals surface area contributed by atoms with Gasteiger partial charge in [-0.2, -0.15) is 0 Å². The Morgan fingerprint density at radius 3 is 2.48 bits per heavy atom. The number of likely N-dealkylation sites (tertiary alicyclic amines) is 1. The lowest BCUT2D eigenvalue weighted by molar-refractivity contribution is -0.140. The Labute approximate surface area is 167 Å². The van der Waals surface area contributed by atoms with Crippen LogP contribution >= 0.6 is 0 Å². The molecule has 4 rings (SSSR count). The molecule has 0 N–H and O–H groups in total. The van der Waals surface area contributed by atoms with Crippen LogP contribution in [-0.4, -0.2) is 67.1 Å². The van der Waals surface area contributed by atoms with E-state index in [0.29, 0.717) is 31.0 Å². The van der Waals surface area contributed by atoms with Crippen molar-refractivity contribution in [3.05, 3.63) is 18.5 Å². The molecule has 2 aliphatic heterocycles. The second-order valence-electron chi connectivity index (χ2n) is 7.53. The van der Waals surface area contributed by atoms with Gasteiger partial charge in [0.2, 0.25) is 5.91 Å². The Morgan fingerprint density at radius 1 is 1.10 bits per heavy atom. The van der Waals surface area contributed by atoms with Crippen LogP contribution in [-0.2, 0) is 4.79 Å². The zero-order valence-corrected chi connectivity index (χ0v) is 16.5. The number of anilines is 1. The van der Waals surface area contributed by atoms with Gasteiger partial charge in [-0.1, -0.05) is 0 Å². The van der Waals surface area contributed by atoms with Crippen molar-refractivity contribution in [3.63, 3.8) is 0 Å². The fourth-order valence-electron chi connectivity index (χ4n) is 4.09. The average molecular weight is 406 g/mol. The van der Waals surface area contributed by atoms with Crippen LogP contribution in [0.5, 0.6) is 11.5 Å². The molecule has 0 spiro atoms. The number of rotatable bonds is 4. The molecule has 29 heavy (non-hydrogen) atoms. The number of amides is 1. The van der Waals surface area contributed by atoms with E-state index >= 15 is 0 Å². The van der Waals surface area contributed by atoms with Gasteiger partial charge in [0.25, 0.3) is 5.92 Å². The lowest BCUT2D eigenvalue weighted by atomic mass is 10.0. The minimum absolute atomic E-state index is 0.0411. The number of benzene rings is 1. The molecule has 1 atom stereocenters. The first-order valence-corrected chi connectivity index (χ1v) is 9.70. The Kier molecular flexibility index (Phi) is 5.14. The molecule has 7 nitrogen and oxygen atoms in total. The van der Waals surface area contributed by atoms with Crippen molar-refractivity contribution in [2.24, 2.45) is 5.92 Å². The van der Waals surface area contributed by atoms with Gasteiger partial charge >= 0.3 is 0 Å². The number of nitrogens with zero attached hydrogens (tertiary/aromatic N) is 4. The predicted molar refractivity (Wildman–Crippen MR) is 104 cm³/mol. The summed E-state index contributed by atoms with van der Waals surface area (Å²) in [6.07, 6.45) is 1.65. The molecule has 1 unspecified atom stereocenters. The summed E-state index contributed by atoms with van der Waals surface area (Å²) in [7, 11) is 3.14. The van der Waals surface area contributed by atoms with Crippen molar-refractivity contribution in [1.29, 1.82) is 0 Å². The molecule has 2 aliphatic rings. The first kappa shape index (κ1) is 19.6. The van der Waals surface area contributed by atoms with Crippen LogP contribution < -0.4 is 14.4 Å². The molecule has 2 aromatic rings. The molecule has 3 heterocycles. The molecule has 0 saturated carbocycles. The van der Waals surface area contributed by atoms with Crippen LogP contribution in [0.15, 0.2) is 18.5 Å². The average Bonchev–Trinajstić information content (AvgIpc) is 3.21. The Morgan fingerprint density at radius 2 is 1.79 bits per heavy atom. The smallest absolute Gasteiger partial charge is 0.251 e. The van der Waals surface area contributed by atoms with Gasteiger partial charge in [-0.25, -0.2) is 18.7 Å². The number of hydrogen-bond acceptors (Lipinski definition) is 6. The largest absolute Gasteiger partial charge is 0.493 e. The standard InChI is InChI=1S/C20H24F2N4O3/c1-28-16-9-14-15(10-17(16)29-2)23-12-24-18(14)26-6-3-13(11-26)19(27)25-7-4-20(21,22)5-8-25/h9-10,12-13H,3-8,11H2,1-2H3. The topological polar surface area (TPSA) is 67.8 Å². The first-order valence-electron chi connectivity index (χ1n) is 9.70. The van der Waals surface area contributed by atoms with E-state index in [1.807, 2.05) is 6.07 Å². The monoisotopic (exact) mass is 406 g/mol. The van der Waals surface area contributed by atoms with Gasteiger partial charge in [0, 0.05) is 50.5 Å². The van der Waals surface area contributed by atoms with Gasteiger partial charge in [0.05, 0.1) is 25.7 Å². The summed E-state index contributed by atoms with van der Waals surface area (Å²) in [6.45, 7) is 1.42. The SMILES string of the molecule is COc1cc2ncnc(N3CCC(C(=O)N4CCC(F)(F)CC4)C3)c2cc1OC. The Bertz CT molecular complexity index is 914. The minimum atomic E-state index is -2.65. The number of ether oxygens (including phenoxy) is 2. The van der Waals surface area contributed by atoms with Crippen LogP contribution in [0.1, 0.15) is 19.3 Å². The third-order valence-corrected chi connectivity index (χ3v) is 5.76. The lowest BCUT2D eigenvalue weighted by Crippen LogP contribution is -2.45. The predicted octanol–water partition coefficient (Wildman–Crippen LogP) is 2.73. The van der Waals surface area contributed by atoms with Gasteiger partial charge in [-0.05, 0) is 12.5 Å². The quantitative estimate of drug-likeness (QED) is 0.778. The Balaban J connectivity index is 1.53. The normalized spacial score (nSPS) is 21.4. The molecule has 1 amide bonds. The van der Waals surface area contributed by atoms with Crippen LogP contribution in [0.25, 0.3) is 10.9 Å². The fraction of sp³-hybridized carbons (Fsp3) is 0.550. The molecule has 9 heteroatoms. The molecular weight excluding hydrogens is 382 g/mol. The highest BCUT2D eigenvalue weighted by Crippen LogP contribution is 2.36. The molecule has 0 radical (unpaired) electrons. The summed E-state index contributed by atoms with van der Waals surface area (Å²) in [5.41, 5.74) is 0.723. The molecule has 1 aromatic heterocycles. The number of methoxy groups -OCH3 is 2. The summed E-state index contributed by atoms with van der Waals surface area (Å²) in [4.78, 5) is 25.2. The van der Waals surface area contributed by atoms with Crippen molar-refractivity contribution in [2.45, 2.75) is 25.2 Å². The van der Waals surface area contributed by atoms with E-state index in [4.69, 9.17) is 9.47 Å². The molecule has 0 aliphatic carbocycles. The highest BCUT2D eigenvalue weighted by molar-refractivity contribution is 5.92. The molecule has 2 fully saturated rings. The number of fused-ring (bicyclic) bond motifs is 1. The van der Waals surface area contributed by atoms with E-state index in [2.05, 4.69) is 14.9 Å². The number of carbonyl (C=O) groups is 1. The lowest BCUT2D eigenvalue weighted by Gasteiger charge is -2.33. The zero-order chi connectivity index (χ0) is 20.6. The summed E-state index contributed by atoms with van der Waals surface area (Å²) in [5, 5.41) is 0.816. The second kappa shape index (κ2) is 7.61. The van der Waals surface area contributed by atoms with Crippen molar-refractivity contribution < 1.29 is 23.0 Å². The van der Waals surface area contributed by atoms with E-state index in [-0.39, 0.29) is 37.8 Å². The number of halogens is 2. The maximum absolute atomic E-state index is 13.4. The van der Waals surface area contributed by atoms with Gasteiger partial charge in [0.1, 0.15) is 12.1 Å². The molecule has 2 saturated heterocycles. The van der Waals surface area contributed by atoms with E-state index in [1.165, 1.54) is 6.33 Å². The van der Waals surface area contributed by atoms with Crippen molar-refractivity contribution >= 4 is 22.6 Å². The number of alkyl halides is 2. The number of piperidine rings is 1. The van der Waals surface area contributed by atoms with E-state index in [1.54, 1.807) is 25.2 Å². The molecule has 0 bridgehead atoms. The third kappa shape index (κ3) is 3.77. The van der Waals surface area contributed by atoms with Gasteiger partial charge in [-0.3, -0.25) is 4.79 Å². The van der Waals surface area contributed by atoms with Crippen LogP contribution in [0.2, 0.25) is 0 Å². The molecule has 156 valence electrons. The van der Waals surface area contributed by atoms with E-state index in [0.717, 1.165) is 16.7 Å². The second-order valence-corrected chi connectivity index (χ2v) is 7.53. The summed E-state index contributed by atoms with van der Waals surface area (Å²) in [6, 6.07) is 3.64. The fourth-order valence-corrected chi connectivity index (χ4v) is 4.09. The van der Waals surface area contributed by atoms with E-state index < -0.39 is 5.92 Å². The molecular formula is C20H24F2N4O3. The van der Waals surface area contributed by atoms with Gasteiger partial charge < -0.3 is 19.3 Å². The summed E-state index contributed by atoms with van der Waals surface area (Å²) < 4.78 is 37.5. The van der Waals surface area contributed by atoms with Crippen molar-refractivity contribution in [3.8, 4) is 11.5 Å². The third-order valence-electron chi connectivity index (χ3n) is 5.76. The van der Waals surface area contributed by atoms with Gasteiger partial charge in [0.15, 0.2) is 11.5 Å². The highest BCUT2D eigenvalue weighted by Gasteiger charge is 2.39. The summed E-state index contributed by atoms with van der Waals surface area (Å²) in [5.74, 6) is -1.01. The zero-order valence-electron chi connectivity index (χ0n) is 16.5. The van der Waals surface area contributed by atoms with Crippen LogP contribution in [0.3, 0.4) is 0 Å².